The Labute approximate surface area is 183 Å². The number of carbonyl (C=O) groups excluding carboxylic acids is 1. The van der Waals surface area contributed by atoms with Crippen molar-refractivity contribution >= 4 is 32.5 Å². The van der Waals surface area contributed by atoms with Gasteiger partial charge in [-0.05, 0) is 43.3 Å². The Morgan fingerprint density at radius 1 is 1.06 bits per heavy atom. The zero-order chi connectivity index (χ0) is 22.3. The Bertz CT molecular complexity index is 1280. The van der Waals surface area contributed by atoms with Crippen molar-refractivity contribution in [2.24, 2.45) is 0 Å². The van der Waals surface area contributed by atoms with Crippen LogP contribution < -0.4 is 5.32 Å². The minimum Gasteiger partial charge on any atom is -0.306 e. The minimum absolute atomic E-state index is 0.107. The lowest BCUT2D eigenvalue weighted by Crippen LogP contribution is -2.22. The average Bonchev–Trinajstić information content (AvgIpc) is 3.25. The summed E-state index contributed by atoms with van der Waals surface area (Å²) in [6.45, 7) is 1.98. The van der Waals surface area contributed by atoms with E-state index in [0.717, 1.165) is 21.1 Å². The number of hydrogen-bond acceptors (Lipinski definition) is 5. The summed E-state index contributed by atoms with van der Waals surface area (Å²) in [6, 6.07) is 13.5. The third-order valence-electron chi connectivity index (χ3n) is 5.08. The fraction of sp³-hybridized carbons (Fsp3) is 0.238. The monoisotopic (exact) mass is 458 g/mol. The van der Waals surface area contributed by atoms with Gasteiger partial charge in [-0.25, -0.2) is 17.4 Å². The highest BCUT2D eigenvalue weighted by molar-refractivity contribution is 7.89. The predicted molar refractivity (Wildman–Crippen MR) is 119 cm³/mol. The van der Waals surface area contributed by atoms with Crippen molar-refractivity contribution in [1.29, 1.82) is 0 Å². The normalized spacial score (nSPS) is 15.8. The van der Waals surface area contributed by atoms with Crippen LogP contribution in [0.5, 0.6) is 0 Å². The lowest BCUT2D eigenvalue weighted by Gasteiger charge is -2.13. The lowest BCUT2D eigenvalue weighted by atomic mass is 10.2. The van der Waals surface area contributed by atoms with Crippen LogP contribution in [0.2, 0.25) is 0 Å². The molecule has 0 spiro atoms. The molecule has 1 aromatic heterocycles. The van der Waals surface area contributed by atoms with Gasteiger partial charge in [-0.2, -0.15) is 5.10 Å². The molecule has 162 valence electrons. The van der Waals surface area contributed by atoms with Crippen molar-refractivity contribution in [2.75, 3.05) is 19.4 Å². The van der Waals surface area contributed by atoms with Crippen LogP contribution in [0.3, 0.4) is 0 Å². The number of aromatic nitrogens is 2. The highest BCUT2D eigenvalue weighted by Gasteiger charge is 2.28. The molecule has 0 aliphatic carbocycles. The number of aryl methyl sites for hydroxylation is 1. The number of carbonyl (C=O) groups is 1. The first-order valence-electron chi connectivity index (χ1n) is 9.53. The molecule has 31 heavy (non-hydrogen) atoms. The molecule has 0 radical (unpaired) electrons. The van der Waals surface area contributed by atoms with Crippen LogP contribution in [0, 0.1) is 6.92 Å². The van der Waals surface area contributed by atoms with E-state index in [9.17, 15) is 17.4 Å². The van der Waals surface area contributed by atoms with Crippen molar-refractivity contribution < 1.29 is 17.4 Å². The van der Waals surface area contributed by atoms with Crippen molar-refractivity contribution in [3.8, 4) is 5.69 Å². The van der Waals surface area contributed by atoms with E-state index in [0.29, 0.717) is 28.6 Å². The number of hydrogen-bond donors (Lipinski definition) is 1. The van der Waals surface area contributed by atoms with E-state index in [1.807, 2.05) is 31.2 Å². The van der Waals surface area contributed by atoms with Crippen LogP contribution in [0.25, 0.3) is 5.69 Å². The van der Waals surface area contributed by atoms with Crippen molar-refractivity contribution in [1.82, 2.24) is 14.1 Å². The van der Waals surface area contributed by atoms with Gasteiger partial charge >= 0.3 is 0 Å². The molecule has 1 aliphatic rings. The molecule has 0 fully saturated rings. The number of nitrogens with one attached hydrogen (secondary N) is 1. The second-order valence-corrected chi connectivity index (χ2v) is 11.1. The summed E-state index contributed by atoms with van der Waals surface area (Å²) in [5.41, 5.74) is 3.67. The molecule has 1 aliphatic heterocycles. The highest BCUT2D eigenvalue weighted by atomic mass is 32.2. The zero-order valence-electron chi connectivity index (χ0n) is 17.3. The topological polar surface area (TPSA) is 101 Å². The smallest absolute Gasteiger partial charge is 0.256 e. The van der Waals surface area contributed by atoms with Crippen LogP contribution >= 0.6 is 0 Å². The van der Waals surface area contributed by atoms with Gasteiger partial charge in [0.2, 0.25) is 10.0 Å². The molecule has 3 aromatic rings. The molecule has 1 atom stereocenters. The number of sulfonamides is 1. The van der Waals surface area contributed by atoms with E-state index in [2.05, 4.69) is 10.4 Å². The van der Waals surface area contributed by atoms with Crippen LogP contribution in [-0.2, 0) is 32.3 Å². The molecule has 0 bridgehead atoms. The molecular formula is C21H22N4O4S2. The van der Waals surface area contributed by atoms with Crippen molar-refractivity contribution in [2.45, 2.75) is 23.3 Å². The Hall–Kier alpha value is -2.82. The fourth-order valence-corrected chi connectivity index (χ4v) is 5.46. The van der Waals surface area contributed by atoms with Gasteiger partial charge in [0.05, 0.1) is 27.8 Å². The van der Waals surface area contributed by atoms with E-state index in [-0.39, 0.29) is 4.90 Å². The first-order valence-corrected chi connectivity index (χ1v) is 12.5. The third kappa shape index (κ3) is 4.06. The molecule has 0 saturated carbocycles. The summed E-state index contributed by atoms with van der Waals surface area (Å²) in [5.74, 6) is 0.771. The maximum absolute atomic E-state index is 12.9. The highest BCUT2D eigenvalue weighted by Crippen LogP contribution is 2.31. The first kappa shape index (κ1) is 21.4. The summed E-state index contributed by atoms with van der Waals surface area (Å²) in [6.07, 6.45) is 0. The molecule has 10 heteroatoms. The van der Waals surface area contributed by atoms with E-state index in [1.54, 1.807) is 4.68 Å². The van der Waals surface area contributed by atoms with Gasteiger partial charge in [0.25, 0.3) is 5.91 Å². The zero-order valence-corrected chi connectivity index (χ0v) is 19.0. The predicted octanol–water partition coefficient (Wildman–Crippen LogP) is 2.45. The average molecular weight is 459 g/mol. The Morgan fingerprint density at radius 3 is 2.32 bits per heavy atom. The molecule has 0 saturated heterocycles. The number of rotatable bonds is 5. The molecule has 1 unspecified atom stereocenters. The molecule has 2 heterocycles. The molecule has 2 aromatic carbocycles. The summed E-state index contributed by atoms with van der Waals surface area (Å²) in [4.78, 5) is 13.0. The van der Waals surface area contributed by atoms with E-state index in [1.165, 1.54) is 38.4 Å². The SMILES string of the molecule is Cc1ccc(-n2nc3c(c2NC(=O)c2ccc(S(=O)(=O)N(C)C)cc2)CS(=O)C3)cc1. The van der Waals surface area contributed by atoms with Crippen molar-refractivity contribution in [3.05, 3.63) is 70.9 Å². The molecular weight excluding hydrogens is 436 g/mol. The second kappa shape index (κ2) is 8.03. The van der Waals surface area contributed by atoms with Gasteiger partial charge in [-0.3, -0.25) is 9.00 Å². The Morgan fingerprint density at radius 2 is 1.71 bits per heavy atom. The third-order valence-corrected chi connectivity index (χ3v) is 8.11. The number of anilines is 1. The van der Waals surface area contributed by atoms with Crippen LogP contribution in [0.15, 0.2) is 53.4 Å². The van der Waals surface area contributed by atoms with Gasteiger partial charge in [0.1, 0.15) is 5.82 Å². The van der Waals surface area contributed by atoms with Gasteiger partial charge in [-0.1, -0.05) is 17.7 Å². The summed E-state index contributed by atoms with van der Waals surface area (Å²) < 4.78 is 39.3. The number of amides is 1. The maximum atomic E-state index is 12.9. The lowest BCUT2D eigenvalue weighted by molar-refractivity contribution is 0.102. The first-order chi connectivity index (χ1) is 14.7. The summed E-state index contributed by atoms with van der Waals surface area (Å²) in [7, 11) is -1.72. The molecule has 1 N–H and O–H groups in total. The van der Waals surface area contributed by atoms with Crippen LogP contribution in [0.1, 0.15) is 27.2 Å². The Balaban J connectivity index is 1.67. The van der Waals surface area contributed by atoms with Crippen molar-refractivity contribution in [3.63, 3.8) is 0 Å². The van der Waals surface area contributed by atoms with E-state index < -0.39 is 26.7 Å². The molecule has 1 amide bonds. The fourth-order valence-electron chi connectivity index (χ4n) is 3.30. The van der Waals surface area contributed by atoms with E-state index in [4.69, 9.17) is 0 Å². The maximum Gasteiger partial charge on any atom is 0.256 e. The van der Waals surface area contributed by atoms with Crippen LogP contribution in [-0.4, -0.2) is 46.7 Å². The standard InChI is InChI=1S/C21H22N4O4S2/c1-14-4-8-16(9-5-14)25-20(18-12-30(27)13-19(18)23-25)22-21(26)15-6-10-17(11-7-15)31(28,29)24(2)3/h4-11H,12-13H2,1-3H3,(H,22,26). The quantitative estimate of drug-likeness (QED) is 0.633. The van der Waals surface area contributed by atoms with Gasteiger partial charge in [0, 0.05) is 36.0 Å². The van der Waals surface area contributed by atoms with Gasteiger partial charge in [0.15, 0.2) is 0 Å². The minimum atomic E-state index is -3.58. The number of fused-ring (bicyclic) bond motifs is 1. The van der Waals surface area contributed by atoms with Gasteiger partial charge < -0.3 is 5.32 Å². The van der Waals surface area contributed by atoms with Gasteiger partial charge in [-0.15, -0.1) is 0 Å². The van der Waals surface area contributed by atoms with E-state index >= 15 is 0 Å². The largest absolute Gasteiger partial charge is 0.306 e. The van der Waals surface area contributed by atoms with Crippen LogP contribution in [0.4, 0.5) is 5.82 Å². The number of benzene rings is 2. The molecule has 4 rings (SSSR count). The Kier molecular flexibility index (Phi) is 5.54. The second-order valence-electron chi connectivity index (χ2n) is 7.52. The summed E-state index contributed by atoms with van der Waals surface area (Å²) >= 11 is 0. The molecule has 8 nitrogen and oxygen atoms in total. The number of nitrogens with zero attached hydrogens (tertiary/aromatic N) is 3. The summed E-state index contributed by atoms with van der Waals surface area (Å²) in [5, 5.41) is 7.47.